The van der Waals surface area contributed by atoms with Gasteiger partial charge in [0.2, 0.25) is 5.91 Å². The molecule has 1 amide bonds. The van der Waals surface area contributed by atoms with Crippen LogP contribution in [0.3, 0.4) is 0 Å². The minimum Gasteiger partial charge on any atom is -0.371 e. The molecule has 1 aliphatic rings. The molecule has 1 fully saturated rings. The number of rotatable bonds is 6. The molecule has 1 aromatic carbocycles. The molecule has 1 aliphatic heterocycles. The van der Waals surface area contributed by atoms with Crippen LogP contribution in [-0.2, 0) is 0 Å². The van der Waals surface area contributed by atoms with E-state index in [4.69, 9.17) is 5.73 Å². The summed E-state index contributed by atoms with van der Waals surface area (Å²) in [6.45, 7) is 8.58. The van der Waals surface area contributed by atoms with Gasteiger partial charge in [-0.3, -0.25) is 4.79 Å². The van der Waals surface area contributed by atoms with Gasteiger partial charge in [-0.2, -0.15) is 0 Å². The molecule has 4 nitrogen and oxygen atoms in total. The van der Waals surface area contributed by atoms with Crippen LogP contribution in [0.15, 0.2) is 18.2 Å². The molecule has 1 heterocycles. The van der Waals surface area contributed by atoms with Gasteiger partial charge in [-0.25, -0.2) is 0 Å². The summed E-state index contributed by atoms with van der Waals surface area (Å²) in [6.07, 6.45) is 3.62. The highest BCUT2D eigenvalue weighted by Gasteiger charge is 2.17. The molecule has 0 bridgehead atoms. The fourth-order valence-corrected chi connectivity index (χ4v) is 3.09. The predicted molar refractivity (Wildman–Crippen MR) is 87.8 cm³/mol. The second kappa shape index (κ2) is 7.46. The van der Waals surface area contributed by atoms with E-state index >= 15 is 0 Å². The van der Waals surface area contributed by atoms with Crippen molar-refractivity contribution >= 4 is 11.6 Å². The number of aryl methyl sites for hydroxylation is 1. The Labute approximate surface area is 127 Å². The summed E-state index contributed by atoms with van der Waals surface area (Å²) in [5.74, 6) is 0.411. The molecule has 4 heteroatoms. The second-order valence-electron chi connectivity index (χ2n) is 6.00. The minimum absolute atomic E-state index is 0.348. The van der Waals surface area contributed by atoms with Crippen LogP contribution in [0.2, 0.25) is 0 Å². The average Bonchev–Trinajstić information content (AvgIpc) is 2.47. The van der Waals surface area contributed by atoms with Gasteiger partial charge in [0.15, 0.2) is 0 Å². The third-order valence-corrected chi connectivity index (χ3v) is 4.27. The standard InChI is InChI=1S/C17H27N3O/c1-3-10-20(12-14-6-8-19-9-7-14)15-4-5-16(17(18)21)13(2)11-15/h4-5,11,14,19H,3,6-10,12H2,1-2H3,(H2,18,21). The van der Waals surface area contributed by atoms with Gasteiger partial charge in [-0.1, -0.05) is 6.92 Å². The quantitative estimate of drug-likeness (QED) is 0.845. The lowest BCUT2D eigenvalue weighted by Crippen LogP contribution is -2.36. The average molecular weight is 289 g/mol. The van der Waals surface area contributed by atoms with Crippen LogP contribution in [0.25, 0.3) is 0 Å². The number of amides is 1. The van der Waals surface area contributed by atoms with Crippen molar-refractivity contribution in [3.05, 3.63) is 29.3 Å². The third kappa shape index (κ3) is 4.21. The topological polar surface area (TPSA) is 58.4 Å². The summed E-state index contributed by atoms with van der Waals surface area (Å²) in [7, 11) is 0. The Kier molecular flexibility index (Phi) is 5.62. The molecule has 0 unspecified atom stereocenters. The molecule has 0 aliphatic carbocycles. The lowest BCUT2D eigenvalue weighted by Gasteiger charge is -2.32. The summed E-state index contributed by atoms with van der Waals surface area (Å²) in [4.78, 5) is 13.8. The van der Waals surface area contributed by atoms with Gasteiger partial charge in [0, 0.05) is 24.3 Å². The summed E-state index contributed by atoms with van der Waals surface area (Å²) < 4.78 is 0. The molecule has 0 saturated carbocycles. The molecular weight excluding hydrogens is 262 g/mol. The van der Waals surface area contributed by atoms with E-state index in [1.54, 1.807) is 0 Å². The number of primary amides is 1. The monoisotopic (exact) mass is 289 g/mol. The van der Waals surface area contributed by atoms with E-state index in [-0.39, 0.29) is 5.91 Å². The Morgan fingerprint density at radius 1 is 1.38 bits per heavy atom. The van der Waals surface area contributed by atoms with Gasteiger partial charge >= 0.3 is 0 Å². The largest absolute Gasteiger partial charge is 0.371 e. The number of piperidine rings is 1. The SMILES string of the molecule is CCCN(CC1CCNCC1)c1ccc(C(N)=O)c(C)c1. The number of hydrogen-bond donors (Lipinski definition) is 2. The number of nitrogens with one attached hydrogen (secondary N) is 1. The van der Waals surface area contributed by atoms with Crippen molar-refractivity contribution in [2.45, 2.75) is 33.1 Å². The van der Waals surface area contributed by atoms with Gasteiger partial charge in [-0.05, 0) is 69.0 Å². The molecule has 1 saturated heterocycles. The number of nitrogens with two attached hydrogens (primary N) is 1. The molecule has 0 spiro atoms. The molecule has 1 aromatic rings. The van der Waals surface area contributed by atoms with Gasteiger partial charge in [0.25, 0.3) is 0 Å². The van der Waals surface area contributed by atoms with E-state index in [9.17, 15) is 4.79 Å². The number of anilines is 1. The van der Waals surface area contributed by atoms with Crippen molar-refractivity contribution in [1.82, 2.24) is 5.32 Å². The van der Waals surface area contributed by atoms with Gasteiger partial charge < -0.3 is 16.0 Å². The first-order chi connectivity index (χ1) is 10.1. The van der Waals surface area contributed by atoms with E-state index in [0.29, 0.717) is 5.56 Å². The fraction of sp³-hybridized carbons (Fsp3) is 0.588. The zero-order valence-electron chi connectivity index (χ0n) is 13.2. The van der Waals surface area contributed by atoms with Crippen LogP contribution in [-0.4, -0.2) is 32.1 Å². The van der Waals surface area contributed by atoms with E-state index in [0.717, 1.165) is 44.1 Å². The van der Waals surface area contributed by atoms with Crippen molar-refractivity contribution in [2.24, 2.45) is 11.7 Å². The smallest absolute Gasteiger partial charge is 0.248 e. The maximum Gasteiger partial charge on any atom is 0.248 e. The number of benzene rings is 1. The first kappa shape index (κ1) is 15.8. The Balaban J connectivity index is 2.13. The van der Waals surface area contributed by atoms with Crippen LogP contribution in [0, 0.1) is 12.8 Å². The molecule has 0 radical (unpaired) electrons. The molecule has 3 N–H and O–H groups in total. The van der Waals surface area contributed by atoms with E-state index < -0.39 is 0 Å². The summed E-state index contributed by atoms with van der Waals surface area (Å²) in [5.41, 5.74) is 8.18. The molecule has 116 valence electrons. The maximum atomic E-state index is 11.3. The lowest BCUT2D eigenvalue weighted by molar-refractivity contribution is 0.0999. The van der Waals surface area contributed by atoms with Gasteiger partial charge in [0.1, 0.15) is 0 Å². The second-order valence-corrected chi connectivity index (χ2v) is 6.00. The lowest BCUT2D eigenvalue weighted by atomic mass is 9.97. The minimum atomic E-state index is -0.348. The van der Waals surface area contributed by atoms with Crippen LogP contribution in [0.4, 0.5) is 5.69 Å². The fourth-order valence-electron chi connectivity index (χ4n) is 3.09. The molecule has 21 heavy (non-hydrogen) atoms. The number of nitrogens with zero attached hydrogens (tertiary/aromatic N) is 1. The maximum absolute atomic E-state index is 11.3. The highest BCUT2D eigenvalue weighted by molar-refractivity contribution is 5.94. The van der Waals surface area contributed by atoms with E-state index in [1.165, 1.54) is 18.5 Å². The highest BCUT2D eigenvalue weighted by atomic mass is 16.1. The molecule has 2 rings (SSSR count). The van der Waals surface area contributed by atoms with Crippen LogP contribution >= 0.6 is 0 Å². The normalized spacial score (nSPS) is 15.9. The van der Waals surface area contributed by atoms with Crippen molar-refractivity contribution in [2.75, 3.05) is 31.1 Å². The Morgan fingerprint density at radius 3 is 2.67 bits per heavy atom. The van der Waals surface area contributed by atoms with E-state index in [2.05, 4.69) is 23.2 Å². The summed E-state index contributed by atoms with van der Waals surface area (Å²) in [5, 5.41) is 3.42. The third-order valence-electron chi connectivity index (χ3n) is 4.27. The zero-order valence-corrected chi connectivity index (χ0v) is 13.2. The van der Waals surface area contributed by atoms with Crippen LogP contribution in [0.1, 0.15) is 42.1 Å². The predicted octanol–water partition coefficient (Wildman–Crippen LogP) is 2.31. The van der Waals surface area contributed by atoms with Crippen molar-refractivity contribution in [3.63, 3.8) is 0 Å². The first-order valence-electron chi connectivity index (χ1n) is 7.98. The van der Waals surface area contributed by atoms with E-state index in [1.807, 2.05) is 19.1 Å². The summed E-state index contributed by atoms with van der Waals surface area (Å²) in [6, 6.07) is 5.98. The molecule has 0 atom stereocenters. The van der Waals surface area contributed by atoms with Crippen molar-refractivity contribution in [1.29, 1.82) is 0 Å². The summed E-state index contributed by atoms with van der Waals surface area (Å²) >= 11 is 0. The van der Waals surface area contributed by atoms with Crippen molar-refractivity contribution < 1.29 is 4.79 Å². The van der Waals surface area contributed by atoms with Crippen LogP contribution < -0.4 is 16.0 Å². The zero-order chi connectivity index (χ0) is 15.2. The number of carbonyl (C=O) groups is 1. The van der Waals surface area contributed by atoms with Crippen LogP contribution in [0.5, 0.6) is 0 Å². The van der Waals surface area contributed by atoms with Gasteiger partial charge in [0.05, 0.1) is 0 Å². The van der Waals surface area contributed by atoms with Crippen molar-refractivity contribution in [3.8, 4) is 0 Å². The molecule has 0 aromatic heterocycles. The Morgan fingerprint density at radius 2 is 2.10 bits per heavy atom. The first-order valence-corrected chi connectivity index (χ1v) is 7.98. The molecular formula is C17H27N3O. The Hall–Kier alpha value is -1.55. The number of hydrogen-bond acceptors (Lipinski definition) is 3. The highest BCUT2D eigenvalue weighted by Crippen LogP contribution is 2.23. The number of carbonyl (C=O) groups excluding carboxylic acids is 1. The Bertz CT molecular complexity index is 481. The van der Waals surface area contributed by atoms with Gasteiger partial charge in [-0.15, -0.1) is 0 Å².